The Balaban J connectivity index is 1.77. The van der Waals surface area contributed by atoms with Crippen molar-refractivity contribution in [1.29, 1.82) is 0 Å². The SMILES string of the molecule is COC(=O)c1cc(NC(=O)c2ccc(COc3c(Cl)c(Cl)c(Cl)c(Cl)c3Cl)o2)cc(C(=O)OC)c1. The number of methoxy groups -OCH3 is 2. The van der Waals surface area contributed by atoms with Crippen molar-refractivity contribution in [3.63, 3.8) is 0 Å². The molecular weight excluding hydrogens is 568 g/mol. The molecule has 0 unspecified atom stereocenters. The van der Waals surface area contributed by atoms with Gasteiger partial charge in [-0.25, -0.2) is 9.59 Å². The van der Waals surface area contributed by atoms with Gasteiger partial charge in [-0.2, -0.15) is 0 Å². The van der Waals surface area contributed by atoms with Crippen molar-refractivity contribution < 1.29 is 33.0 Å². The number of amides is 1. The summed E-state index contributed by atoms with van der Waals surface area (Å²) in [5.74, 6) is -1.93. The Kier molecular flexibility index (Phi) is 8.79. The number of furan rings is 1. The molecule has 0 bridgehead atoms. The van der Waals surface area contributed by atoms with Crippen LogP contribution in [-0.4, -0.2) is 32.1 Å². The molecule has 0 saturated carbocycles. The van der Waals surface area contributed by atoms with E-state index in [2.05, 4.69) is 14.8 Å². The molecule has 1 aromatic heterocycles. The zero-order chi connectivity index (χ0) is 25.9. The molecule has 1 amide bonds. The summed E-state index contributed by atoms with van der Waals surface area (Å²) in [6, 6.07) is 6.83. The summed E-state index contributed by atoms with van der Waals surface area (Å²) in [5.41, 5.74) is 0.207. The van der Waals surface area contributed by atoms with Crippen molar-refractivity contribution >= 4 is 81.5 Å². The van der Waals surface area contributed by atoms with E-state index in [4.69, 9.17) is 67.2 Å². The lowest BCUT2D eigenvalue weighted by Gasteiger charge is -2.12. The predicted molar refractivity (Wildman–Crippen MR) is 132 cm³/mol. The molecule has 184 valence electrons. The van der Waals surface area contributed by atoms with E-state index in [0.29, 0.717) is 0 Å². The van der Waals surface area contributed by atoms with Gasteiger partial charge in [0, 0.05) is 5.69 Å². The van der Waals surface area contributed by atoms with Crippen LogP contribution in [-0.2, 0) is 16.1 Å². The lowest BCUT2D eigenvalue weighted by atomic mass is 10.1. The average molecular weight is 582 g/mol. The van der Waals surface area contributed by atoms with Gasteiger partial charge in [0.05, 0.1) is 40.4 Å². The van der Waals surface area contributed by atoms with Crippen molar-refractivity contribution in [2.75, 3.05) is 19.5 Å². The summed E-state index contributed by atoms with van der Waals surface area (Å²) in [6.45, 7) is -0.175. The Morgan fingerprint density at radius 1 is 0.800 bits per heavy atom. The van der Waals surface area contributed by atoms with Crippen LogP contribution in [0.1, 0.15) is 37.0 Å². The number of anilines is 1. The van der Waals surface area contributed by atoms with Crippen molar-refractivity contribution in [1.82, 2.24) is 0 Å². The van der Waals surface area contributed by atoms with Crippen LogP contribution < -0.4 is 10.1 Å². The first-order valence-corrected chi connectivity index (χ1v) is 11.3. The Bertz CT molecular complexity index is 1260. The fourth-order valence-electron chi connectivity index (χ4n) is 2.80. The highest BCUT2D eigenvalue weighted by Crippen LogP contribution is 2.48. The zero-order valence-corrected chi connectivity index (χ0v) is 21.6. The van der Waals surface area contributed by atoms with E-state index < -0.39 is 17.8 Å². The molecule has 0 aliphatic heterocycles. The molecule has 0 aliphatic rings. The third-order valence-electron chi connectivity index (χ3n) is 4.45. The standard InChI is InChI=1S/C22H14Cl5NO7/c1-32-21(30)9-5-10(22(31)33-2)7-11(6-9)28-20(29)13-4-3-12(35-13)8-34-19-17(26)15(24)14(23)16(25)18(19)27/h3-7H,8H2,1-2H3,(H,28,29). The summed E-state index contributed by atoms with van der Waals surface area (Å²) in [6.07, 6.45) is 0. The van der Waals surface area contributed by atoms with Crippen molar-refractivity contribution in [2.24, 2.45) is 0 Å². The molecule has 0 aliphatic carbocycles. The van der Waals surface area contributed by atoms with Gasteiger partial charge in [0.1, 0.15) is 22.4 Å². The van der Waals surface area contributed by atoms with Gasteiger partial charge >= 0.3 is 11.9 Å². The third kappa shape index (κ3) is 5.97. The average Bonchev–Trinajstić information content (AvgIpc) is 3.34. The van der Waals surface area contributed by atoms with Crippen LogP contribution in [0.3, 0.4) is 0 Å². The van der Waals surface area contributed by atoms with E-state index in [9.17, 15) is 14.4 Å². The second-order valence-corrected chi connectivity index (χ2v) is 8.58. The minimum Gasteiger partial charge on any atom is -0.482 e. The quantitative estimate of drug-likeness (QED) is 0.183. The smallest absolute Gasteiger partial charge is 0.337 e. The Labute approximate surface area is 223 Å². The number of esters is 2. The highest BCUT2D eigenvalue weighted by Gasteiger charge is 2.22. The van der Waals surface area contributed by atoms with E-state index in [-0.39, 0.29) is 65.8 Å². The van der Waals surface area contributed by atoms with Gasteiger partial charge in [-0.1, -0.05) is 58.0 Å². The molecule has 35 heavy (non-hydrogen) atoms. The number of carbonyl (C=O) groups excluding carboxylic acids is 3. The molecule has 0 spiro atoms. The van der Waals surface area contributed by atoms with Crippen LogP contribution in [0.2, 0.25) is 25.1 Å². The molecule has 2 aromatic carbocycles. The monoisotopic (exact) mass is 579 g/mol. The topological polar surface area (TPSA) is 104 Å². The fraction of sp³-hybridized carbons (Fsp3) is 0.136. The van der Waals surface area contributed by atoms with Crippen molar-refractivity contribution in [2.45, 2.75) is 6.61 Å². The number of halogens is 5. The molecule has 0 saturated heterocycles. The van der Waals surface area contributed by atoms with Crippen LogP contribution in [0.4, 0.5) is 5.69 Å². The maximum absolute atomic E-state index is 12.7. The Morgan fingerprint density at radius 3 is 1.83 bits per heavy atom. The minimum atomic E-state index is -0.705. The van der Waals surface area contributed by atoms with E-state index >= 15 is 0 Å². The highest BCUT2D eigenvalue weighted by atomic mass is 35.5. The fourth-order valence-corrected chi connectivity index (χ4v) is 4.03. The Morgan fingerprint density at radius 2 is 1.31 bits per heavy atom. The van der Waals surface area contributed by atoms with Gasteiger partial charge in [0.25, 0.3) is 5.91 Å². The molecule has 1 heterocycles. The summed E-state index contributed by atoms with van der Waals surface area (Å²) < 4.78 is 20.4. The second kappa shape index (κ2) is 11.4. The van der Waals surface area contributed by atoms with Crippen LogP contribution in [0.5, 0.6) is 5.75 Å². The number of hydrogen-bond acceptors (Lipinski definition) is 7. The number of ether oxygens (including phenoxy) is 3. The van der Waals surface area contributed by atoms with Crippen LogP contribution in [0, 0.1) is 0 Å². The molecule has 3 aromatic rings. The van der Waals surface area contributed by atoms with Crippen LogP contribution in [0.15, 0.2) is 34.7 Å². The number of benzene rings is 2. The van der Waals surface area contributed by atoms with Gasteiger partial charge in [0.15, 0.2) is 11.5 Å². The summed E-state index contributed by atoms with van der Waals surface area (Å²) in [4.78, 5) is 36.5. The first-order valence-electron chi connectivity index (χ1n) is 9.43. The lowest BCUT2D eigenvalue weighted by molar-refractivity contribution is 0.0599. The van der Waals surface area contributed by atoms with E-state index in [1.807, 2.05) is 0 Å². The van der Waals surface area contributed by atoms with Gasteiger partial charge in [-0.15, -0.1) is 0 Å². The lowest BCUT2D eigenvalue weighted by Crippen LogP contribution is -2.13. The Hall–Kier alpha value is -2.62. The second-order valence-electron chi connectivity index (χ2n) is 6.69. The summed E-state index contributed by atoms with van der Waals surface area (Å²) in [5, 5.41) is 2.39. The van der Waals surface area contributed by atoms with Crippen LogP contribution >= 0.6 is 58.0 Å². The van der Waals surface area contributed by atoms with Crippen LogP contribution in [0.25, 0.3) is 0 Å². The van der Waals surface area contributed by atoms with E-state index in [1.165, 1.54) is 44.6 Å². The predicted octanol–water partition coefficient (Wildman–Crippen LogP) is 6.95. The minimum absolute atomic E-state index is 0.00917. The number of hydrogen-bond donors (Lipinski definition) is 1. The highest BCUT2D eigenvalue weighted by molar-refractivity contribution is 6.55. The third-order valence-corrected chi connectivity index (χ3v) is 6.69. The maximum atomic E-state index is 12.7. The van der Waals surface area contributed by atoms with E-state index in [0.717, 1.165) is 0 Å². The molecule has 13 heteroatoms. The number of carbonyl (C=O) groups is 3. The first-order chi connectivity index (χ1) is 16.6. The van der Waals surface area contributed by atoms with E-state index in [1.54, 1.807) is 0 Å². The molecule has 8 nitrogen and oxygen atoms in total. The molecule has 0 fully saturated rings. The van der Waals surface area contributed by atoms with Crippen molar-refractivity contribution in [3.8, 4) is 5.75 Å². The van der Waals surface area contributed by atoms with Gasteiger partial charge in [-0.05, 0) is 30.3 Å². The molecule has 3 rings (SSSR count). The van der Waals surface area contributed by atoms with Gasteiger partial charge < -0.3 is 23.9 Å². The molecule has 0 radical (unpaired) electrons. The van der Waals surface area contributed by atoms with Gasteiger partial charge in [0.2, 0.25) is 0 Å². The number of rotatable bonds is 7. The first kappa shape index (κ1) is 27.0. The largest absolute Gasteiger partial charge is 0.482 e. The summed E-state index contributed by atoms with van der Waals surface area (Å²) in [7, 11) is 2.37. The maximum Gasteiger partial charge on any atom is 0.337 e. The normalized spacial score (nSPS) is 10.6. The molecule has 1 N–H and O–H groups in total. The van der Waals surface area contributed by atoms with Crippen molar-refractivity contribution in [3.05, 3.63) is 78.1 Å². The summed E-state index contributed by atoms with van der Waals surface area (Å²) >= 11 is 30.3. The molecular formula is C22H14Cl5NO7. The zero-order valence-electron chi connectivity index (χ0n) is 17.8. The molecule has 0 atom stereocenters. The van der Waals surface area contributed by atoms with Gasteiger partial charge in [-0.3, -0.25) is 4.79 Å². The number of nitrogens with one attached hydrogen (secondary N) is 1.